The number of benzene rings is 1. The highest BCUT2D eigenvalue weighted by Crippen LogP contribution is 2.34. The minimum Gasteiger partial charge on any atom is -0.369 e. The number of aromatic nitrogens is 5. The topological polar surface area (TPSA) is 125 Å². The van der Waals surface area contributed by atoms with Gasteiger partial charge in [-0.2, -0.15) is 0 Å². The molecule has 1 aliphatic rings. The van der Waals surface area contributed by atoms with Crippen molar-refractivity contribution in [1.82, 2.24) is 24.1 Å². The van der Waals surface area contributed by atoms with Crippen LogP contribution in [-0.4, -0.2) is 32.6 Å². The van der Waals surface area contributed by atoms with Crippen LogP contribution in [0.5, 0.6) is 0 Å². The molecule has 0 radical (unpaired) electrons. The molecule has 5 rings (SSSR count). The average Bonchev–Trinajstić information content (AvgIpc) is 3.27. The SMILES string of the molecule is Cc1cc(-c2c(-c3ccccc3)nc(N)n3c(=O)n(CC4=CS(=O)(=O)C=C4)nc23)cc(C)n1. The predicted molar refractivity (Wildman–Crippen MR) is 126 cm³/mol. The van der Waals surface area contributed by atoms with Crippen LogP contribution in [-0.2, 0) is 16.4 Å². The monoisotopic (exact) mass is 460 g/mol. The highest BCUT2D eigenvalue weighted by molar-refractivity contribution is 7.97. The quantitative estimate of drug-likeness (QED) is 0.496. The number of sulfone groups is 1. The number of fused-ring (bicyclic) bond motifs is 1. The number of rotatable bonds is 4. The largest absolute Gasteiger partial charge is 0.369 e. The summed E-state index contributed by atoms with van der Waals surface area (Å²) in [4.78, 5) is 22.2. The Labute approximate surface area is 189 Å². The van der Waals surface area contributed by atoms with Crippen molar-refractivity contribution in [3.05, 3.63) is 86.8 Å². The van der Waals surface area contributed by atoms with Gasteiger partial charge in [-0.1, -0.05) is 30.3 Å². The zero-order valence-electron chi connectivity index (χ0n) is 17.9. The molecule has 0 fully saturated rings. The molecule has 166 valence electrons. The third-order valence-electron chi connectivity index (χ3n) is 5.29. The summed E-state index contributed by atoms with van der Waals surface area (Å²) in [7, 11) is -3.41. The molecule has 0 bridgehead atoms. The Kier molecular flexibility index (Phi) is 4.75. The first-order valence-corrected chi connectivity index (χ1v) is 11.8. The van der Waals surface area contributed by atoms with Gasteiger partial charge >= 0.3 is 5.69 Å². The van der Waals surface area contributed by atoms with Crippen LogP contribution in [0.2, 0.25) is 0 Å². The lowest BCUT2D eigenvalue weighted by molar-refractivity contribution is 0.612. The molecule has 0 saturated carbocycles. The lowest BCUT2D eigenvalue weighted by atomic mass is 9.99. The Morgan fingerprint density at radius 2 is 1.70 bits per heavy atom. The molecule has 9 nitrogen and oxygen atoms in total. The first-order chi connectivity index (χ1) is 15.7. The fourth-order valence-electron chi connectivity index (χ4n) is 3.99. The standard InChI is InChI=1S/C23H20N6O3S/c1-14-10-18(11-15(2)25-14)19-20(17-6-4-3-5-7-17)26-22(24)29-21(19)27-28(23(29)30)12-16-8-9-33(31,32)13-16/h3-11,13H,12H2,1-2H3,(H2,24,26). The Morgan fingerprint density at radius 3 is 2.33 bits per heavy atom. The van der Waals surface area contributed by atoms with Gasteiger partial charge in [-0.3, -0.25) is 4.98 Å². The van der Waals surface area contributed by atoms with Crippen molar-refractivity contribution in [1.29, 1.82) is 0 Å². The summed E-state index contributed by atoms with van der Waals surface area (Å²) in [5.74, 6) is -0.00471. The van der Waals surface area contributed by atoms with Crippen molar-refractivity contribution in [3.8, 4) is 22.4 Å². The molecular weight excluding hydrogens is 440 g/mol. The Hall–Kier alpha value is -4.05. The van der Waals surface area contributed by atoms with E-state index in [2.05, 4.69) is 15.1 Å². The minimum atomic E-state index is -3.41. The molecule has 33 heavy (non-hydrogen) atoms. The Morgan fingerprint density at radius 1 is 1.00 bits per heavy atom. The molecule has 10 heteroatoms. The first-order valence-electron chi connectivity index (χ1n) is 10.2. The summed E-state index contributed by atoms with van der Waals surface area (Å²) < 4.78 is 25.9. The van der Waals surface area contributed by atoms with Gasteiger partial charge < -0.3 is 5.73 Å². The molecule has 1 aliphatic heterocycles. The number of pyridine rings is 1. The van der Waals surface area contributed by atoms with Crippen LogP contribution in [0.25, 0.3) is 28.0 Å². The summed E-state index contributed by atoms with van der Waals surface area (Å²) in [6.07, 6.45) is 1.46. The van der Waals surface area contributed by atoms with Crippen molar-refractivity contribution in [3.63, 3.8) is 0 Å². The van der Waals surface area contributed by atoms with Crippen LogP contribution in [0.3, 0.4) is 0 Å². The molecule has 0 unspecified atom stereocenters. The zero-order valence-corrected chi connectivity index (χ0v) is 18.7. The van der Waals surface area contributed by atoms with Gasteiger partial charge in [-0.05, 0) is 43.2 Å². The second kappa shape index (κ2) is 7.52. The molecule has 0 saturated heterocycles. The van der Waals surface area contributed by atoms with E-state index in [-0.39, 0.29) is 12.5 Å². The molecule has 1 aromatic carbocycles. The second-order valence-corrected chi connectivity index (χ2v) is 9.57. The maximum absolute atomic E-state index is 13.2. The molecule has 0 amide bonds. The predicted octanol–water partition coefficient (Wildman–Crippen LogP) is 2.65. The lowest BCUT2D eigenvalue weighted by Crippen LogP contribution is -2.23. The smallest absolute Gasteiger partial charge is 0.353 e. The van der Waals surface area contributed by atoms with Gasteiger partial charge in [0.2, 0.25) is 5.95 Å². The van der Waals surface area contributed by atoms with E-state index < -0.39 is 15.5 Å². The number of nitrogen functional groups attached to an aromatic ring is 1. The molecule has 2 N–H and O–H groups in total. The van der Waals surface area contributed by atoms with Crippen molar-refractivity contribution in [2.75, 3.05) is 5.73 Å². The summed E-state index contributed by atoms with van der Waals surface area (Å²) in [5, 5.41) is 6.78. The van der Waals surface area contributed by atoms with Crippen LogP contribution >= 0.6 is 0 Å². The highest BCUT2D eigenvalue weighted by atomic mass is 32.2. The van der Waals surface area contributed by atoms with Crippen LogP contribution in [0, 0.1) is 13.8 Å². The summed E-state index contributed by atoms with van der Waals surface area (Å²) in [6, 6.07) is 13.3. The van der Waals surface area contributed by atoms with E-state index >= 15 is 0 Å². The molecule has 0 spiro atoms. The third-order valence-corrected chi connectivity index (χ3v) is 6.44. The number of nitrogens with zero attached hydrogens (tertiary/aromatic N) is 5. The fourth-order valence-corrected chi connectivity index (χ4v) is 5.01. The summed E-state index contributed by atoms with van der Waals surface area (Å²) in [5.41, 5.74) is 11.0. The van der Waals surface area contributed by atoms with E-state index in [9.17, 15) is 13.2 Å². The summed E-state index contributed by atoms with van der Waals surface area (Å²) >= 11 is 0. The van der Waals surface area contributed by atoms with E-state index in [1.54, 1.807) is 0 Å². The number of nitrogens with two attached hydrogens (primary N) is 1. The van der Waals surface area contributed by atoms with Crippen LogP contribution in [0.15, 0.2) is 69.7 Å². The maximum atomic E-state index is 13.2. The van der Waals surface area contributed by atoms with Crippen LogP contribution < -0.4 is 11.4 Å². The molecule has 4 heterocycles. The van der Waals surface area contributed by atoms with Crippen molar-refractivity contribution in [2.45, 2.75) is 20.4 Å². The molecule has 0 aliphatic carbocycles. The van der Waals surface area contributed by atoms with Crippen LogP contribution in [0.1, 0.15) is 11.4 Å². The van der Waals surface area contributed by atoms with Gasteiger partial charge in [0.25, 0.3) is 0 Å². The molecule has 3 aromatic heterocycles. The van der Waals surface area contributed by atoms with E-state index in [1.807, 2.05) is 56.3 Å². The highest BCUT2D eigenvalue weighted by Gasteiger charge is 2.23. The molecule has 4 aromatic rings. The summed E-state index contributed by atoms with van der Waals surface area (Å²) in [6.45, 7) is 3.78. The van der Waals surface area contributed by atoms with E-state index in [0.29, 0.717) is 22.5 Å². The normalized spacial score (nSPS) is 14.7. The molecular formula is C23H20N6O3S. The van der Waals surface area contributed by atoms with Crippen LogP contribution in [0.4, 0.5) is 5.95 Å². The van der Waals surface area contributed by atoms with Crippen molar-refractivity contribution < 1.29 is 8.42 Å². The zero-order chi connectivity index (χ0) is 23.3. The second-order valence-electron chi connectivity index (χ2n) is 7.88. The maximum Gasteiger partial charge on any atom is 0.353 e. The van der Waals surface area contributed by atoms with E-state index in [4.69, 9.17) is 5.73 Å². The Bertz CT molecular complexity index is 1630. The van der Waals surface area contributed by atoms with Crippen molar-refractivity contribution >= 4 is 21.4 Å². The fraction of sp³-hybridized carbons (Fsp3) is 0.130. The number of allylic oxidation sites excluding steroid dienone is 2. The Balaban J connectivity index is 1.82. The van der Waals surface area contributed by atoms with E-state index in [0.717, 1.165) is 33.3 Å². The van der Waals surface area contributed by atoms with Gasteiger partial charge in [-0.25, -0.2) is 27.3 Å². The minimum absolute atomic E-state index is 0.00471. The third kappa shape index (κ3) is 3.74. The number of anilines is 1. The van der Waals surface area contributed by atoms with Crippen molar-refractivity contribution in [2.24, 2.45) is 0 Å². The van der Waals surface area contributed by atoms with Gasteiger partial charge in [0.15, 0.2) is 15.5 Å². The van der Waals surface area contributed by atoms with Gasteiger partial charge in [0.1, 0.15) is 0 Å². The van der Waals surface area contributed by atoms with Gasteiger partial charge in [0, 0.05) is 27.8 Å². The number of aryl methyl sites for hydroxylation is 2. The molecule has 0 atom stereocenters. The number of hydrogen-bond acceptors (Lipinski definition) is 7. The lowest BCUT2D eigenvalue weighted by Gasteiger charge is -2.13. The average molecular weight is 461 g/mol. The van der Waals surface area contributed by atoms with Gasteiger partial charge in [0.05, 0.1) is 17.8 Å². The van der Waals surface area contributed by atoms with Gasteiger partial charge in [-0.15, -0.1) is 5.10 Å². The van der Waals surface area contributed by atoms with E-state index in [1.165, 1.54) is 15.2 Å². The number of hydrogen-bond donors (Lipinski definition) is 1. The first kappa shape index (κ1) is 20.8.